The second-order valence-corrected chi connectivity index (χ2v) is 8.20. The van der Waals surface area contributed by atoms with Gasteiger partial charge in [-0.05, 0) is 43.9 Å². The summed E-state index contributed by atoms with van der Waals surface area (Å²) in [5.74, 6) is 0. The van der Waals surface area contributed by atoms with Crippen molar-refractivity contribution in [2.45, 2.75) is 38.1 Å². The monoisotopic (exact) mass is 359 g/mol. The van der Waals surface area contributed by atoms with E-state index in [9.17, 15) is 13.2 Å². The van der Waals surface area contributed by atoms with E-state index in [-0.39, 0.29) is 11.5 Å². The number of cyclic esters (lactones) is 1. The maximum Gasteiger partial charge on any atom is 0.424 e. The second kappa shape index (κ2) is 6.52. The zero-order chi connectivity index (χ0) is 18.2. The minimum Gasteiger partial charge on any atom is -0.446 e. The second-order valence-electron chi connectivity index (χ2n) is 6.45. The topological polar surface area (TPSA) is 63.7 Å². The molecule has 0 radical (unpaired) electrons. The van der Waals surface area contributed by atoms with E-state index in [0.29, 0.717) is 17.5 Å². The molecule has 0 unspecified atom stereocenters. The molecule has 25 heavy (non-hydrogen) atoms. The molecule has 1 amide bonds. The Morgan fingerprint density at radius 3 is 2.28 bits per heavy atom. The maximum atomic E-state index is 13.2. The Bertz CT molecular complexity index is 883. The van der Waals surface area contributed by atoms with E-state index in [4.69, 9.17) is 4.74 Å². The number of amides is 1. The molecule has 0 saturated carbocycles. The molecule has 0 bridgehead atoms. The number of sulfonamides is 1. The predicted octanol–water partition coefficient (Wildman–Crippen LogP) is 3.36. The Morgan fingerprint density at radius 2 is 1.68 bits per heavy atom. The Kier molecular flexibility index (Phi) is 4.56. The number of ether oxygens (including phenoxy) is 1. The number of carbonyl (C=O) groups excluding carboxylic acids is 1. The molecule has 2 aromatic carbocycles. The van der Waals surface area contributed by atoms with Crippen LogP contribution in [0.25, 0.3) is 0 Å². The van der Waals surface area contributed by atoms with Crippen molar-refractivity contribution in [2.24, 2.45) is 0 Å². The van der Waals surface area contributed by atoms with Gasteiger partial charge in [0.1, 0.15) is 6.61 Å². The van der Waals surface area contributed by atoms with Crippen LogP contribution >= 0.6 is 0 Å². The summed E-state index contributed by atoms with van der Waals surface area (Å²) in [6.45, 7) is 5.48. The molecule has 6 heteroatoms. The SMILES string of the molecule is Cc1cc(C)c(S(=O)(=O)N2C(=O)OC[C@@H]2Cc2ccccc2)c(C)c1. The first-order valence-corrected chi connectivity index (χ1v) is 9.57. The highest BCUT2D eigenvalue weighted by molar-refractivity contribution is 7.89. The molecule has 0 spiro atoms. The Labute approximate surface area is 148 Å². The Hall–Kier alpha value is -2.34. The molecule has 1 atom stereocenters. The number of carbonyl (C=O) groups is 1. The van der Waals surface area contributed by atoms with Crippen molar-refractivity contribution >= 4 is 16.1 Å². The number of aryl methyl sites for hydroxylation is 3. The molecular formula is C19H21NO4S. The fourth-order valence-corrected chi connectivity index (χ4v) is 5.35. The Balaban J connectivity index is 2.01. The third-order valence-electron chi connectivity index (χ3n) is 4.35. The van der Waals surface area contributed by atoms with Gasteiger partial charge in [-0.1, -0.05) is 48.0 Å². The fourth-order valence-electron chi connectivity index (χ4n) is 3.44. The van der Waals surface area contributed by atoms with Gasteiger partial charge >= 0.3 is 6.09 Å². The molecular weight excluding hydrogens is 338 g/mol. The summed E-state index contributed by atoms with van der Waals surface area (Å²) in [6, 6.07) is 12.6. The normalized spacial score (nSPS) is 17.6. The quantitative estimate of drug-likeness (QED) is 0.840. The molecule has 0 aromatic heterocycles. The first-order valence-electron chi connectivity index (χ1n) is 8.13. The summed E-state index contributed by atoms with van der Waals surface area (Å²) in [5, 5.41) is 0. The van der Waals surface area contributed by atoms with E-state index in [1.54, 1.807) is 13.8 Å². The number of benzene rings is 2. The summed E-state index contributed by atoms with van der Waals surface area (Å²) >= 11 is 0. The van der Waals surface area contributed by atoms with Crippen LogP contribution < -0.4 is 0 Å². The van der Waals surface area contributed by atoms with Gasteiger partial charge in [0.05, 0.1) is 10.9 Å². The zero-order valence-electron chi connectivity index (χ0n) is 14.5. The smallest absolute Gasteiger partial charge is 0.424 e. The van der Waals surface area contributed by atoms with Gasteiger partial charge < -0.3 is 4.74 Å². The average Bonchev–Trinajstić information content (AvgIpc) is 2.88. The highest BCUT2D eigenvalue weighted by atomic mass is 32.2. The number of rotatable bonds is 4. The van der Waals surface area contributed by atoms with Crippen molar-refractivity contribution in [1.29, 1.82) is 0 Å². The van der Waals surface area contributed by atoms with E-state index >= 15 is 0 Å². The summed E-state index contributed by atoms with van der Waals surface area (Å²) in [5.41, 5.74) is 3.22. The lowest BCUT2D eigenvalue weighted by molar-refractivity contribution is 0.170. The van der Waals surface area contributed by atoms with E-state index in [2.05, 4.69) is 0 Å². The third kappa shape index (κ3) is 3.26. The van der Waals surface area contributed by atoms with Gasteiger partial charge in [-0.2, -0.15) is 4.31 Å². The summed E-state index contributed by atoms with van der Waals surface area (Å²) in [6.07, 6.45) is -0.379. The zero-order valence-corrected chi connectivity index (χ0v) is 15.3. The van der Waals surface area contributed by atoms with E-state index in [1.807, 2.05) is 49.4 Å². The van der Waals surface area contributed by atoms with Crippen LogP contribution in [-0.4, -0.2) is 31.5 Å². The minimum absolute atomic E-state index is 0.0664. The first kappa shape index (κ1) is 17.5. The molecule has 1 fully saturated rings. The molecule has 0 N–H and O–H groups in total. The van der Waals surface area contributed by atoms with Crippen LogP contribution in [-0.2, 0) is 21.2 Å². The number of nitrogens with zero attached hydrogens (tertiary/aromatic N) is 1. The molecule has 0 aliphatic carbocycles. The minimum atomic E-state index is -3.98. The molecule has 1 aliphatic heterocycles. The van der Waals surface area contributed by atoms with Gasteiger partial charge in [0.25, 0.3) is 10.0 Å². The van der Waals surface area contributed by atoms with Crippen LogP contribution in [0, 0.1) is 20.8 Å². The summed E-state index contributed by atoms with van der Waals surface area (Å²) in [4.78, 5) is 12.4. The standard InChI is InChI=1S/C19H21NO4S/c1-13-9-14(2)18(15(3)10-13)25(22,23)20-17(12-24-19(20)21)11-16-7-5-4-6-8-16/h4-10,17H,11-12H2,1-3H3/t17-/m0/s1. The van der Waals surface area contributed by atoms with Crippen molar-refractivity contribution in [1.82, 2.24) is 4.31 Å². The van der Waals surface area contributed by atoms with Crippen LogP contribution in [0.1, 0.15) is 22.3 Å². The third-order valence-corrected chi connectivity index (χ3v) is 6.47. The van der Waals surface area contributed by atoms with Gasteiger partial charge in [0.2, 0.25) is 0 Å². The van der Waals surface area contributed by atoms with E-state index in [0.717, 1.165) is 15.4 Å². The molecule has 1 saturated heterocycles. The van der Waals surface area contributed by atoms with Crippen LogP contribution in [0.4, 0.5) is 4.79 Å². The maximum absolute atomic E-state index is 13.2. The van der Waals surface area contributed by atoms with Crippen molar-refractivity contribution in [3.05, 3.63) is 64.7 Å². The van der Waals surface area contributed by atoms with E-state index in [1.165, 1.54) is 0 Å². The highest BCUT2D eigenvalue weighted by Gasteiger charge is 2.43. The molecule has 1 heterocycles. The molecule has 132 valence electrons. The largest absolute Gasteiger partial charge is 0.446 e. The van der Waals surface area contributed by atoms with Crippen molar-refractivity contribution < 1.29 is 17.9 Å². The van der Waals surface area contributed by atoms with E-state index < -0.39 is 22.2 Å². The summed E-state index contributed by atoms with van der Waals surface area (Å²) < 4.78 is 32.4. The van der Waals surface area contributed by atoms with Gasteiger partial charge in [0.15, 0.2) is 0 Å². The van der Waals surface area contributed by atoms with Crippen molar-refractivity contribution in [3.63, 3.8) is 0 Å². The van der Waals surface area contributed by atoms with Gasteiger partial charge in [-0.15, -0.1) is 0 Å². The van der Waals surface area contributed by atoms with Gasteiger partial charge in [-0.25, -0.2) is 13.2 Å². The molecule has 2 aromatic rings. The van der Waals surface area contributed by atoms with Gasteiger partial charge in [-0.3, -0.25) is 0 Å². The lowest BCUT2D eigenvalue weighted by Gasteiger charge is -2.23. The lowest BCUT2D eigenvalue weighted by atomic mass is 10.1. The molecule has 1 aliphatic rings. The predicted molar refractivity (Wildman–Crippen MR) is 95.0 cm³/mol. The average molecular weight is 359 g/mol. The molecule has 3 rings (SSSR count). The van der Waals surface area contributed by atoms with Crippen molar-refractivity contribution in [3.8, 4) is 0 Å². The van der Waals surface area contributed by atoms with Crippen LogP contribution in [0.3, 0.4) is 0 Å². The van der Waals surface area contributed by atoms with Crippen LogP contribution in [0.2, 0.25) is 0 Å². The highest BCUT2D eigenvalue weighted by Crippen LogP contribution is 2.30. The van der Waals surface area contributed by atoms with Crippen LogP contribution in [0.15, 0.2) is 47.4 Å². The fraction of sp³-hybridized carbons (Fsp3) is 0.316. The number of hydrogen-bond donors (Lipinski definition) is 0. The number of hydrogen-bond acceptors (Lipinski definition) is 4. The van der Waals surface area contributed by atoms with Crippen molar-refractivity contribution in [2.75, 3.05) is 6.61 Å². The lowest BCUT2D eigenvalue weighted by Crippen LogP contribution is -2.40. The molecule has 5 nitrogen and oxygen atoms in total. The van der Waals surface area contributed by atoms with Crippen LogP contribution in [0.5, 0.6) is 0 Å². The van der Waals surface area contributed by atoms with Gasteiger partial charge in [0, 0.05) is 0 Å². The summed E-state index contributed by atoms with van der Waals surface area (Å²) in [7, 11) is -3.98. The first-order chi connectivity index (χ1) is 11.8. The Morgan fingerprint density at radius 1 is 1.08 bits per heavy atom.